The molecule has 0 saturated carbocycles. The van der Waals surface area contributed by atoms with Crippen molar-refractivity contribution in [3.8, 4) is 0 Å². The largest absolute Gasteiger partial charge is 0.469 e. The molecule has 0 aliphatic heterocycles. The van der Waals surface area contributed by atoms with Crippen LogP contribution in [0.3, 0.4) is 0 Å². The number of benzene rings is 2. The summed E-state index contributed by atoms with van der Waals surface area (Å²) in [5.74, 6) is -0.381. The molecule has 3 nitrogen and oxygen atoms in total. The highest BCUT2D eigenvalue weighted by Crippen LogP contribution is 2.33. The molecule has 0 amide bonds. The molecule has 0 aliphatic rings. The Morgan fingerprint density at radius 3 is 2.54 bits per heavy atom. The lowest BCUT2D eigenvalue weighted by Gasteiger charge is -2.12. The summed E-state index contributed by atoms with van der Waals surface area (Å²) < 4.78 is 45.8. The van der Waals surface area contributed by atoms with Crippen LogP contribution in [0.15, 0.2) is 36.4 Å². The second kappa shape index (κ2) is 7.51. The first-order valence-electron chi connectivity index (χ1n) is 8.62. The minimum absolute atomic E-state index is 0.0789. The predicted octanol–water partition coefficient (Wildman–Crippen LogP) is 5.69. The Kier molecular flexibility index (Phi) is 5.44. The Hall–Kier alpha value is -2.47. The zero-order valence-corrected chi connectivity index (χ0v) is 16.4. The van der Waals surface area contributed by atoms with Crippen LogP contribution in [0.5, 0.6) is 0 Å². The van der Waals surface area contributed by atoms with E-state index in [-0.39, 0.29) is 18.9 Å². The molecule has 0 atom stereocenters. The van der Waals surface area contributed by atoms with E-state index >= 15 is 0 Å². The van der Waals surface area contributed by atoms with Crippen molar-refractivity contribution >= 4 is 28.5 Å². The summed E-state index contributed by atoms with van der Waals surface area (Å²) in [7, 11) is 1.32. The summed E-state index contributed by atoms with van der Waals surface area (Å²) in [5.41, 5.74) is 3.02. The van der Waals surface area contributed by atoms with Gasteiger partial charge in [0.25, 0.3) is 0 Å². The molecular weight excluding hydrogens is 391 g/mol. The van der Waals surface area contributed by atoms with Gasteiger partial charge in [0.1, 0.15) is 0 Å². The van der Waals surface area contributed by atoms with Gasteiger partial charge in [-0.2, -0.15) is 13.2 Å². The van der Waals surface area contributed by atoms with E-state index in [0.717, 1.165) is 39.9 Å². The molecule has 2 aromatic carbocycles. The topological polar surface area (TPSA) is 31.2 Å². The van der Waals surface area contributed by atoms with E-state index in [4.69, 9.17) is 16.3 Å². The Bertz CT molecular complexity index is 1050. The van der Waals surface area contributed by atoms with Gasteiger partial charge < -0.3 is 9.30 Å². The number of aromatic nitrogens is 1. The Morgan fingerprint density at radius 2 is 1.89 bits per heavy atom. The molecule has 0 aliphatic carbocycles. The number of alkyl halides is 3. The lowest BCUT2D eigenvalue weighted by molar-refractivity contribution is -0.140. The van der Waals surface area contributed by atoms with Gasteiger partial charge in [0.05, 0.1) is 24.6 Å². The number of hydrogen-bond acceptors (Lipinski definition) is 2. The van der Waals surface area contributed by atoms with Crippen LogP contribution in [-0.4, -0.2) is 17.6 Å². The third kappa shape index (κ3) is 3.87. The zero-order chi connectivity index (χ0) is 20.6. The minimum atomic E-state index is -4.40. The van der Waals surface area contributed by atoms with Crippen LogP contribution in [-0.2, 0) is 28.7 Å². The van der Waals surface area contributed by atoms with E-state index in [2.05, 4.69) is 0 Å². The lowest BCUT2D eigenvalue weighted by atomic mass is 10.1. The van der Waals surface area contributed by atoms with Crippen LogP contribution in [0.1, 0.15) is 27.9 Å². The van der Waals surface area contributed by atoms with Gasteiger partial charge in [-0.05, 0) is 54.8 Å². The third-order valence-electron chi connectivity index (χ3n) is 4.88. The summed E-state index contributed by atoms with van der Waals surface area (Å²) >= 11 is 6.29. The number of fused-ring (bicyclic) bond motifs is 1. The fourth-order valence-electron chi connectivity index (χ4n) is 3.35. The maximum Gasteiger partial charge on any atom is 0.416 e. The average Bonchev–Trinajstić information content (AvgIpc) is 2.87. The molecule has 148 valence electrons. The Morgan fingerprint density at radius 1 is 1.18 bits per heavy atom. The quantitative estimate of drug-likeness (QED) is 0.518. The highest BCUT2D eigenvalue weighted by Gasteiger charge is 2.30. The number of methoxy groups -OCH3 is 1. The van der Waals surface area contributed by atoms with E-state index < -0.39 is 11.7 Å². The van der Waals surface area contributed by atoms with E-state index in [0.29, 0.717) is 10.6 Å². The summed E-state index contributed by atoms with van der Waals surface area (Å²) in [6.07, 6.45) is -4.32. The molecule has 0 radical (unpaired) electrons. The molecule has 0 saturated heterocycles. The predicted molar refractivity (Wildman–Crippen MR) is 103 cm³/mol. The van der Waals surface area contributed by atoms with Crippen LogP contribution in [0.2, 0.25) is 5.02 Å². The maximum absolute atomic E-state index is 13.0. The average molecular weight is 410 g/mol. The standard InChI is InChI=1S/C21H19ClF3NO2/c1-12-7-17-16(9-20(27)28-3)13(2)26(19(17)10-18(12)22)11-14-5-4-6-15(8-14)21(23,24)25/h4-8,10H,9,11H2,1-3H3. The van der Waals surface area contributed by atoms with Crippen molar-refractivity contribution in [2.24, 2.45) is 0 Å². The van der Waals surface area contributed by atoms with Crippen molar-refractivity contribution in [2.45, 2.75) is 33.0 Å². The molecule has 3 aromatic rings. The van der Waals surface area contributed by atoms with E-state index in [1.807, 2.05) is 24.5 Å². The van der Waals surface area contributed by atoms with Gasteiger partial charge in [0.15, 0.2) is 0 Å². The number of aryl methyl sites for hydroxylation is 1. The van der Waals surface area contributed by atoms with Gasteiger partial charge in [-0.3, -0.25) is 4.79 Å². The molecule has 0 spiro atoms. The van der Waals surface area contributed by atoms with Crippen molar-refractivity contribution in [3.63, 3.8) is 0 Å². The Labute approximate surface area is 165 Å². The van der Waals surface area contributed by atoms with Crippen molar-refractivity contribution in [1.82, 2.24) is 4.57 Å². The van der Waals surface area contributed by atoms with Crippen molar-refractivity contribution in [3.05, 3.63) is 69.4 Å². The van der Waals surface area contributed by atoms with Crippen molar-refractivity contribution in [2.75, 3.05) is 7.11 Å². The molecule has 7 heteroatoms. The summed E-state index contributed by atoms with van der Waals surface area (Å²) in [5, 5.41) is 1.40. The number of carbonyl (C=O) groups excluding carboxylic acids is 1. The van der Waals surface area contributed by atoms with Gasteiger partial charge in [-0.1, -0.05) is 23.7 Å². The first-order valence-corrected chi connectivity index (χ1v) is 9.00. The second-order valence-corrected chi connectivity index (χ2v) is 7.13. The van der Waals surface area contributed by atoms with Gasteiger partial charge in [0, 0.05) is 22.6 Å². The molecule has 1 aromatic heterocycles. The summed E-state index contributed by atoms with van der Waals surface area (Å²) in [6, 6.07) is 8.91. The smallest absolute Gasteiger partial charge is 0.416 e. The number of halogens is 4. The molecule has 0 bridgehead atoms. The van der Waals surface area contributed by atoms with Crippen LogP contribution < -0.4 is 0 Å². The number of carbonyl (C=O) groups is 1. The number of esters is 1. The minimum Gasteiger partial charge on any atom is -0.469 e. The van der Waals surface area contributed by atoms with Gasteiger partial charge in [-0.15, -0.1) is 0 Å². The fraction of sp³-hybridized carbons (Fsp3) is 0.286. The highest BCUT2D eigenvalue weighted by molar-refractivity contribution is 6.32. The summed E-state index contributed by atoms with van der Waals surface area (Å²) in [6.45, 7) is 3.94. The molecule has 3 rings (SSSR count). The van der Waals surface area contributed by atoms with Gasteiger partial charge >= 0.3 is 12.1 Å². The zero-order valence-electron chi connectivity index (χ0n) is 15.7. The monoisotopic (exact) mass is 409 g/mol. The molecule has 0 unspecified atom stereocenters. The number of hydrogen-bond donors (Lipinski definition) is 0. The second-order valence-electron chi connectivity index (χ2n) is 6.72. The number of rotatable bonds is 4. The highest BCUT2D eigenvalue weighted by atomic mass is 35.5. The molecule has 0 N–H and O–H groups in total. The van der Waals surface area contributed by atoms with E-state index in [9.17, 15) is 18.0 Å². The van der Waals surface area contributed by atoms with Crippen LogP contribution in [0.4, 0.5) is 13.2 Å². The van der Waals surface area contributed by atoms with E-state index in [1.165, 1.54) is 13.2 Å². The SMILES string of the molecule is COC(=O)Cc1c(C)n(Cc2cccc(C(F)(F)F)c2)c2cc(Cl)c(C)cc12. The van der Waals surface area contributed by atoms with Crippen LogP contribution in [0, 0.1) is 13.8 Å². The Balaban J connectivity index is 2.14. The summed E-state index contributed by atoms with van der Waals surface area (Å²) in [4.78, 5) is 11.9. The molecule has 1 heterocycles. The fourth-order valence-corrected chi connectivity index (χ4v) is 3.50. The van der Waals surface area contributed by atoms with Gasteiger partial charge in [-0.25, -0.2) is 0 Å². The number of nitrogens with zero attached hydrogens (tertiary/aromatic N) is 1. The van der Waals surface area contributed by atoms with Crippen molar-refractivity contribution < 1.29 is 22.7 Å². The van der Waals surface area contributed by atoms with E-state index in [1.54, 1.807) is 12.1 Å². The first kappa shape index (κ1) is 20.3. The van der Waals surface area contributed by atoms with Crippen LogP contribution >= 0.6 is 11.6 Å². The van der Waals surface area contributed by atoms with Crippen LogP contribution in [0.25, 0.3) is 10.9 Å². The van der Waals surface area contributed by atoms with Gasteiger partial charge in [0.2, 0.25) is 0 Å². The maximum atomic E-state index is 13.0. The number of ether oxygens (including phenoxy) is 1. The first-order chi connectivity index (χ1) is 13.1. The lowest BCUT2D eigenvalue weighted by Crippen LogP contribution is -2.08. The normalized spacial score (nSPS) is 11.8. The molecular formula is C21H19ClF3NO2. The third-order valence-corrected chi connectivity index (χ3v) is 5.29. The van der Waals surface area contributed by atoms with Crippen molar-refractivity contribution in [1.29, 1.82) is 0 Å². The molecule has 0 fully saturated rings. The molecule has 28 heavy (non-hydrogen) atoms.